The van der Waals surface area contributed by atoms with Crippen molar-refractivity contribution in [1.82, 2.24) is 24.8 Å². The minimum absolute atomic E-state index is 0.0906. The topological polar surface area (TPSA) is 105 Å². The van der Waals surface area contributed by atoms with Gasteiger partial charge in [0, 0.05) is 43.8 Å². The third-order valence-electron chi connectivity index (χ3n) is 5.94. The third kappa shape index (κ3) is 3.65. The van der Waals surface area contributed by atoms with E-state index in [1.165, 1.54) is 6.92 Å². The van der Waals surface area contributed by atoms with Crippen molar-refractivity contribution in [2.24, 2.45) is 0 Å². The maximum Gasteiger partial charge on any atom is 0.263 e. The number of carbonyl (C=O) groups excluding carboxylic acids is 1. The molecule has 3 aromatic rings. The highest BCUT2D eigenvalue weighted by atomic mass is 16.1. The molecule has 2 aliphatic rings. The van der Waals surface area contributed by atoms with Crippen LogP contribution in [0.3, 0.4) is 0 Å². The number of nitrogens with one attached hydrogen (secondary N) is 2. The van der Waals surface area contributed by atoms with Crippen LogP contribution in [0.4, 0.5) is 17.5 Å². The molecule has 9 nitrogen and oxygen atoms in total. The molecule has 160 valence electrons. The number of hydrogen-bond acceptors (Lipinski definition) is 8. The molecule has 5 rings (SSSR count). The molecule has 1 aliphatic heterocycles. The van der Waals surface area contributed by atoms with Gasteiger partial charge in [-0.05, 0) is 44.4 Å². The van der Waals surface area contributed by atoms with Crippen molar-refractivity contribution in [3.63, 3.8) is 0 Å². The second kappa shape index (κ2) is 7.73. The molecule has 9 heteroatoms. The zero-order valence-electron chi connectivity index (χ0n) is 17.7. The van der Waals surface area contributed by atoms with Crippen LogP contribution >= 0.6 is 0 Å². The van der Waals surface area contributed by atoms with Crippen LogP contribution in [-0.2, 0) is 0 Å². The Morgan fingerprint density at radius 1 is 1.16 bits per heavy atom. The summed E-state index contributed by atoms with van der Waals surface area (Å²) < 4.78 is 1.66. The molecule has 0 unspecified atom stereocenters. The number of anilines is 3. The van der Waals surface area contributed by atoms with Crippen LogP contribution in [0.15, 0.2) is 29.3 Å². The number of aromatic nitrogens is 4. The van der Waals surface area contributed by atoms with Crippen LogP contribution in [0.25, 0.3) is 11.0 Å². The van der Waals surface area contributed by atoms with Crippen molar-refractivity contribution < 1.29 is 4.79 Å². The lowest BCUT2D eigenvalue weighted by atomic mass is 10.0. The highest BCUT2D eigenvalue weighted by Crippen LogP contribution is 2.36. The van der Waals surface area contributed by atoms with Gasteiger partial charge in [-0.15, -0.1) is 0 Å². The fraction of sp³-hybridized carbons (Fsp3) is 0.409. The second-order valence-electron chi connectivity index (χ2n) is 8.16. The predicted molar refractivity (Wildman–Crippen MR) is 119 cm³/mol. The Bertz CT molecular complexity index is 1210. The summed E-state index contributed by atoms with van der Waals surface area (Å²) in [7, 11) is 0. The molecule has 2 N–H and O–H groups in total. The van der Waals surface area contributed by atoms with E-state index in [1.54, 1.807) is 17.7 Å². The number of fused-ring (bicyclic) bond motifs is 1. The van der Waals surface area contributed by atoms with Gasteiger partial charge < -0.3 is 15.5 Å². The lowest BCUT2D eigenvalue weighted by molar-refractivity contribution is 0.101. The van der Waals surface area contributed by atoms with Crippen LogP contribution < -0.4 is 21.1 Å². The fourth-order valence-electron chi connectivity index (χ4n) is 4.16. The van der Waals surface area contributed by atoms with Gasteiger partial charge in [-0.1, -0.05) is 0 Å². The predicted octanol–water partition coefficient (Wildman–Crippen LogP) is 2.19. The van der Waals surface area contributed by atoms with Gasteiger partial charge in [-0.25, -0.2) is 9.97 Å². The first-order chi connectivity index (χ1) is 15.0. The van der Waals surface area contributed by atoms with Crippen molar-refractivity contribution >= 4 is 34.3 Å². The minimum Gasteiger partial charge on any atom is -0.368 e. The van der Waals surface area contributed by atoms with Gasteiger partial charge in [0.15, 0.2) is 5.78 Å². The average molecular weight is 419 g/mol. The first-order valence-corrected chi connectivity index (χ1v) is 10.6. The molecule has 1 saturated carbocycles. The number of hydrogen-bond donors (Lipinski definition) is 2. The molecule has 0 bridgehead atoms. The normalized spacial score (nSPS) is 16.5. The van der Waals surface area contributed by atoms with Gasteiger partial charge >= 0.3 is 0 Å². The van der Waals surface area contributed by atoms with E-state index in [0.717, 1.165) is 50.1 Å². The molecule has 4 heterocycles. The third-order valence-corrected chi connectivity index (χ3v) is 5.94. The van der Waals surface area contributed by atoms with Crippen LogP contribution in [-0.4, -0.2) is 51.5 Å². The quantitative estimate of drug-likeness (QED) is 0.607. The Kier molecular flexibility index (Phi) is 4.90. The zero-order chi connectivity index (χ0) is 21.5. The maximum absolute atomic E-state index is 13.0. The van der Waals surface area contributed by atoms with Crippen molar-refractivity contribution in [3.05, 3.63) is 46.0 Å². The van der Waals surface area contributed by atoms with E-state index >= 15 is 0 Å². The fourth-order valence-corrected chi connectivity index (χ4v) is 4.16. The minimum atomic E-state index is -0.261. The molecule has 0 aromatic carbocycles. The summed E-state index contributed by atoms with van der Waals surface area (Å²) in [6.07, 6.45) is 5.35. The van der Waals surface area contributed by atoms with Gasteiger partial charge in [0.1, 0.15) is 11.5 Å². The number of ketones is 1. The summed E-state index contributed by atoms with van der Waals surface area (Å²) in [6.45, 7) is 7.08. The highest BCUT2D eigenvalue weighted by molar-refractivity contribution is 5.99. The van der Waals surface area contributed by atoms with Crippen molar-refractivity contribution in [3.8, 4) is 0 Å². The van der Waals surface area contributed by atoms with Gasteiger partial charge in [0.05, 0.1) is 17.4 Å². The Morgan fingerprint density at radius 2 is 1.94 bits per heavy atom. The first-order valence-electron chi connectivity index (χ1n) is 10.6. The molecule has 0 spiro atoms. The molecule has 1 aliphatic carbocycles. The van der Waals surface area contributed by atoms with E-state index < -0.39 is 0 Å². The van der Waals surface area contributed by atoms with E-state index in [4.69, 9.17) is 0 Å². The average Bonchev–Trinajstić information content (AvgIpc) is 3.60. The van der Waals surface area contributed by atoms with E-state index in [-0.39, 0.29) is 22.9 Å². The van der Waals surface area contributed by atoms with E-state index in [2.05, 4.69) is 30.5 Å². The lowest BCUT2D eigenvalue weighted by Gasteiger charge is -2.29. The number of piperazine rings is 1. The lowest BCUT2D eigenvalue weighted by Crippen LogP contribution is -2.43. The molecule has 0 atom stereocenters. The summed E-state index contributed by atoms with van der Waals surface area (Å²) >= 11 is 0. The SMILES string of the molecule is CC(=O)c1c(C)c2cnc(Nc3ccc(N4CCNCC4)cn3)nc2n(C2CC2)c1=O. The number of rotatable bonds is 5. The molecule has 2 fully saturated rings. The molecule has 3 aromatic heterocycles. The summed E-state index contributed by atoms with van der Waals surface area (Å²) in [6, 6.07) is 4.03. The summed E-state index contributed by atoms with van der Waals surface area (Å²) in [5.41, 5.74) is 2.25. The number of aryl methyl sites for hydroxylation is 1. The number of pyridine rings is 2. The van der Waals surface area contributed by atoms with Crippen LogP contribution in [0.1, 0.15) is 41.7 Å². The van der Waals surface area contributed by atoms with E-state index in [1.807, 2.05) is 18.3 Å². The Hall–Kier alpha value is -3.33. The summed E-state index contributed by atoms with van der Waals surface area (Å²) in [5, 5.41) is 7.21. The van der Waals surface area contributed by atoms with Gasteiger partial charge in [-0.3, -0.25) is 14.2 Å². The first kappa shape index (κ1) is 19.6. The zero-order valence-corrected chi connectivity index (χ0v) is 17.7. The molecular weight excluding hydrogens is 394 g/mol. The smallest absolute Gasteiger partial charge is 0.263 e. The van der Waals surface area contributed by atoms with Crippen molar-refractivity contribution in [2.45, 2.75) is 32.7 Å². The molecular formula is C22H25N7O2. The molecule has 31 heavy (non-hydrogen) atoms. The van der Waals surface area contributed by atoms with Gasteiger partial charge in [0.25, 0.3) is 5.56 Å². The standard InChI is InChI=1S/C22H25N7O2/c1-13-17-12-25-22(26-18-6-5-16(11-24-18)28-9-7-23-8-10-28)27-20(17)29(15-3-4-15)21(31)19(13)14(2)30/h5-6,11-12,15,23H,3-4,7-10H2,1-2H3,(H,24,25,26,27). The Morgan fingerprint density at radius 3 is 2.58 bits per heavy atom. The number of Topliss-reactive ketones (excluding diaryl/α,β-unsaturated/α-hetero) is 1. The van der Waals surface area contributed by atoms with E-state index in [0.29, 0.717) is 23.0 Å². The molecule has 1 saturated heterocycles. The monoisotopic (exact) mass is 419 g/mol. The molecule has 0 radical (unpaired) electrons. The van der Waals surface area contributed by atoms with Crippen LogP contribution in [0.2, 0.25) is 0 Å². The largest absolute Gasteiger partial charge is 0.368 e. The maximum atomic E-state index is 13.0. The van der Waals surface area contributed by atoms with E-state index in [9.17, 15) is 9.59 Å². The van der Waals surface area contributed by atoms with Crippen molar-refractivity contribution in [2.75, 3.05) is 36.4 Å². The second-order valence-corrected chi connectivity index (χ2v) is 8.16. The van der Waals surface area contributed by atoms with Gasteiger partial charge in [0.2, 0.25) is 5.95 Å². The molecule has 0 amide bonds. The number of carbonyl (C=O) groups is 1. The summed E-state index contributed by atoms with van der Waals surface area (Å²) in [4.78, 5) is 41.0. The summed E-state index contributed by atoms with van der Waals surface area (Å²) in [5.74, 6) is 0.782. The van der Waals surface area contributed by atoms with Crippen LogP contribution in [0, 0.1) is 6.92 Å². The number of nitrogens with zero attached hydrogens (tertiary/aromatic N) is 5. The Balaban J connectivity index is 1.48. The van der Waals surface area contributed by atoms with Gasteiger partial charge in [-0.2, -0.15) is 4.98 Å². The van der Waals surface area contributed by atoms with Crippen LogP contribution in [0.5, 0.6) is 0 Å². The van der Waals surface area contributed by atoms with Crippen molar-refractivity contribution in [1.29, 1.82) is 0 Å². The Labute approximate surface area is 179 Å². The highest BCUT2D eigenvalue weighted by Gasteiger charge is 2.30.